The smallest absolute Gasteiger partial charge is 0.137 e. The molecule has 3 nitrogen and oxygen atoms in total. The van der Waals surface area contributed by atoms with Crippen LogP contribution in [0.25, 0.3) is 0 Å². The third-order valence-corrected chi connectivity index (χ3v) is 2.92. The summed E-state index contributed by atoms with van der Waals surface area (Å²) in [5.41, 5.74) is 0. The topological polar surface area (TPSA) is 34.1 Å². The SMILES string of the molecule is FCC[C@H]1CNC(COc2cccnc2)C1. The molecule has 4 heteroatoms. The third-order valence-electron chi connectivity index (χ3n) is 2.92. The Hall–Kier alpha value is -1.16. The maximum Gasteiger partial charge on any atom is 0.137 e. The highest BCUT2D eigenvalue weighted by Crippen LogP contribution is 2.18. The van der Waals surface area contributed by atoms with Crippen molar-refractivity contribution in [3.8, 4) is 5.75 Å². The van der Waals surface area contributed by atoms with Crippen LogP contribution in [0.4, 0.5) is 4.39 Å². The van der Waals surface area contributed by atoms with Gasteiger partial charge in [0.2, 0.25) is 0 Å². The molecule has 0 radical (unpaired) electrons. The molecule has 16 heavy (non-hydrogen) atoms. The quantitative estimate of drug-likeness (QED) is 0.828. The van der Waals surface area contributed by atoms with Crippen LogP contribution in [0.5, 0.6) is 5.75 Å². The maximum absolute atomic E-state index is 12.2. The first-order valence-electron chi connectivity index (χ1n) is 5.70. The molecule has 0 bridgehead atoms. The van der Waals surface area contributed by atoms with Gasteiger partial charge in [0.05, 0.1) is 12.9 Å². The number of nitrogens with zero attached hydrogens (tertiary/aromatic N) is 1. The molecule has 2 heterocycles. The fourth-order valence-electron chi connectivity index (χ4n) is 2.03. The molecule has 0 spiro atoms. The van der Waals surface area contributed by atoms with Crippen LogP contribution in [0, 0.1) is 5.92 Å². The van der Waals surface area contributed by atoms with Gasteiger partial charge < -0.3 is 10.1 Å². The van der Waals surface area contributed by atoms with Gasteiger partial charge in [-0.2, -0.15) is 0 Å². The number of alkyl halides is 1. The summed E-state index contributed by atoms with van der Waals surface area (Å²) in [5.74, 6) is 1.26. The van der Waals surface area contributed by atoms with E-state index in [1.165, 1.54) is 0 Å². The van der Waals surface area contributed by atoms with Crippen molar-refractivity contribution in [1.29, 1.82) is 0 Å². The summed E-state index contributed by atoms with van der Waals surface area (Å²) in [6, 6.07) is 4.08. The second kappa shape index (κ2) is 5.80. The van der Waals surface area contributed by atoms with Crippen molar-refractivity contribution >= 4 is 0 Å². The van der Waals surface area contributed by atoms with E-state index in [9.17, 15) is 4.39 Å². The molecular weight excluding hydrogens is 207 g/mol. The molecule has 1 saturated heterocycles. The number of halogens is 1. The van der Waals surface area contributed by atoms with Crippen LogP contribution in [0.15, 0.2) is 24.5 Å². The molecule has 1 fully saturated rings. The summed E-state index contributed by atoms with van der Waals surface area (Å²) in [6.07, 6.45) is 5.09. The van der Waals surface area contributed by atoms with Gasteiger partial charge in [0.1, 0.15) is 12.4 Å². The molecular formula is C12H17FN2O. The number of hydrogen-bond acceptors (Lipinski definition) is 3. The van der Waals surface area contributed by atoms with Gasteiger partial charge in [-0.05, 0) is 37.4 Å². The standard InChI is InChI=1S/C12H17FN2O/c13-4-3-10-6-11(15-7-10)9-16-12-2-1-5-14-8-12/h1-2,5,8,10-11,15H,3-4,6-7,9H2/t10-,11?/m1/s1. The Morgan fingerprint density at radius 1 is 1.56 bits per heavy atom. The zero-order chi connectivity index (χ0) is 11.2. The van der Waals surface area contributed by atoms with Crippen molar-refractivity contribution in [2.24, 2.45) is 5.92 Å². The summed E-state index contributed by atoms with van der Waals surface area (Å²) in [5, 5.41) is 3.35. The zero-order valence-corrected chi connectivity index (χ0v) is 9.23. The van der Waals surface area contributed by atoms with Gasteiger partial charge in [0.15, 0.2) is 0 Å². The van der Waals surface area contributed by atoms with Gasteiger partial charge in [-0.1, -0.05) is 0 Å². The molecule has 88 valence electrons. The maximum atomic E-state index is 12.2. The second-order valence-corrected chi connectivity index (χ2v) is 4.18. The van der Waals surface area contributed by atoms with E-state index in [-0.39, 0.29) is 6.67 Å². The Morgan fingerprint density at radius 3 is 3.25 bits per heavy atom. The van der Waals surface area contributed by atoms with Crippen molar-refractivity contribution < 1.29 is 9.13 Å². The Labute approximate surface area is 95.0 Å². The van der Waals surface area contributed by atoms with Gasteiger partial charge in [-0.15, -0.1) is 0 Å². The Bertz CT molecular complexity index is 307. The predicted molar refractivity (Wildman–Crippen MR) is 60.2 cm³/mol. The summed E-state index contributed by atoms with van der Waals surface area (Å²) in [6.45, 7) is 1.32. The van der Waals surface area contributed by atoms with Gasteiger partial charge in [-0.3, -0.25) is 9.37 Å². The number of pyridine rings is 1. The number of rotatable bonds is 5. The van der Waals surface area contributed by atoms with Crippen molar-refractivity contribution in [1.82, 2.24) is 10.3 Å². The Balaban J connectivity index is 1.72. The average molecular weight is 224 g/mol. The van der Waals surface area contributed by atoms with E-state index < -0.39 is 0 Å². The monoisotopic (exact) mass is 224 g/mol. The van der Waals surface area contributed by atoms with E-state index in [2.05, 4.69) is 10.3 Å². The molecule has 1 unspecified atom stereocenters. The minimum atomic E-state index is -0.220. The molecule has 1 N–H and O–H groups in total. The Morgan fingerprint density at radius 2 is 2.50 bits per heavy atom. The average Bonchev–Trinajstić information content (AvgIpc) is 2.76. The van der Waals surface area contributed by atoms with Crippen LogP contribution in [0.2, 0.25) is 0 Å². The lowest BCUT2D eigenvalue weighted by atomic mass is 10.0. The molecule has 0 aromatic carbocycles. The first-order chi connectivity index (χ1) is 7.88. The molecule has 2 atom stereocenters. The normalized spacial score (nSPS) is 24.6. The highest BCUT2D eigenvalue weighted by atomic mass is 19.1. The molecule has 1 aromatic rings. The predicted octanol–water partition coefficient (Wildman–Crippen LogP) is 1.80. The zero-order valence-electron chi connectivity index (χ0n) is 9.23. The molecule has 1 aliphatic rings. The van der Waals surface area contributed by atoms with E-state index in [0.717, 1.165) is 18.7 Å². The number of hydrogen-bond donors (Lipinski definition) is 1. The number of nitrogens with one attached hydrogen (secondary N) is 1. The molecule has 1 aliphatic heterocycles. The lowest BCUT2D eigenvalue weighted by Crippen LogP contribution is -2.28. The lowest BCUT2D eigenvalue weighted by Gasteiger charge is -2.11. The highest BCUT2D eigenvalue weighted by molar-refractivity contribution is 5.15. The largest absolute Gasteiger partial charge is 0.490 e. The van der Waals surface area contributed by atoms with Gasteiger partial charge in [0, 0.05) is 12.2 Å². The first-order valence-corrected chi connectivity index (χ1v) is 5.70. The van der Waals surface area contributed by atoms with Crippen LogP contribution >= 0.6 is 0 Å². The number of ether oxygens (including phenoxy) is 1. The van der Waals surface area contributed by atoms with Gasteiger partial charge in [0.25, 0.3) is 0 Å². The van der Waals surface area contributed by atoms with Crippen molar-refractivity contribution in [3.05, 3.63) is 24.5 Å². The van der Waals surface area contributed by atoms with E-state index in [1.807, 2.05) is 12.1 Å². The van der Waals surface area contributed by atoms with Crippen LogP contribution in [0.1, 0.15) is 12.8 Å². The minimum absolute atomic E-state index is 0.220. The fraction of sp³-hybridized carbons (Fsp3) is 0.583. The van der Waals surface area contributed by atoms with Crippen molar-refractivity contribution in [2.75, 3.05) is 19.8 Å². The summed E-state index contributed by atoms with van der Waals surface area (Å²) in [4.78, 5) is 3.98. The van der Waals surface area contributed by atoms with Crippen LogP contribution in [0.3, 0.4) is 0 Å². The van der Waals surface area contributed by atoms with Crippen molar-refractivity contribution in [2.45, 2.75) is 18.9 Å². The summed E-state index contributed by atoms with van der Waals surface area (Å²) in [7, 11) is 0. The second-order valence-electron chi connectivity index (χ2n) is 4.18. The van der Waals surface area contributed by atoms with E-state index in [4.69, 9.17) is 4.74 Å². The molecule has 0 aliphatic carbocycles. The Kier molecular flexibility index (Phi) is 4.10. The van der Waals surface area contributed by atoms with Gasteiger partial charge in [-0.25, -0.2) is 0 Å². The van der Waals surface area contributed by atoms with E-state index >= 15 is 0 Å². The lowest BCUT2D eigenvalue weighted by molar-refractivity contribution is 0.272. The van der Waals surface area contributed by atoms with E-state index in [1.54, 1.807) is 12.4 Å². The molecule has 0 saturated carbocycles. The molecule has 1 aromatic heterocycles. The summed E-state index contributed by atoms with van der Waals surface area (Å²) < 4.78 is 17.8. The minimum Gasteiger partial charge on any atom is -0.490 e. The van der Waals surface area contributed by atoms with E-state index in [0.29, 0.717) is 25.0 Å². The van der Waals surface area contributed by atoms with Gasteiger partial charge >= 0.3 is 0 Å². The highest BCUT2D eigenvalue weighted by Gasteiger charge is 2.23. The summed E-state index contributed by atoms with van der Waals surface area (Å²) >= 11 is 0. The molecule has 0 amide bonds. The van der Waals surface area contributed by atoms with Crippen molar-refractivity contribution in [3.63, 3.8) is 0 Å². The van der Waals surface area contributed by atoms with Crippen LogP contribution in [-0.4, -0.2) is 30.9 Å². The molecule has 2 rings (SSSR count). The number of aromatic nitrogens is 1. The van der Waals surface area contributed by atoms with Crippen LogP contribution in [-0.2, 0) is 0 Å². The first kappa shape index (κ1) is 11.3. The van der Waals surface area contributed by atoms with Crippen LogP contribution < -0.4 is 10.1 Å². The third kappa shape index (κ3) is 3.17. The fourth-order valence-corrected chi connectivity index (χ4v) is 2.03.